The van der Waals surface area contributed by atoms with E-state index in [9.17, 15) is 4.79 Å². The lowest BCUT2D eigenvalue weighted by atomic mass is 9.58. The van der Waals surface area contributed by atoms with Gasteiger partial charge in [-0.05, 0) is 45.0 Å². The van der Waals surface area contributed by atoms with Gasteiger partial charge in [0.2, 0.25) is 0 Å². The molecule has 0 aliphatic heterocycles. The number of nitrogens with one attached hydrogen (secondary N) is 1. The van der Waals surface area contributed by atoms with Gasteiger partial charge < -0.3 is 5.41 Å². The predicted molar refractivity (Wildman–Crippen MR) is 209 cm³/mol. The molecule has 3 heteroatoms. The van der Waals surface area contributed by atoms with E-state index < -0.39 is 5.41 Å². The first-order valence-corrected chi connectivity index (χ1v) is 17.1. The third kappa shape index (κ3) is 5.65. The molecule has 0 saturated heterocycles. The number of carbonyl (C=O) groups is 1. The molecule has 1 aliphatic rings. The maximum Gasteiger partial charge on any atom is 0.193 e. The molecule has 7 aromatic rings. The van der Waals surface area contributed by atoms with Gasteiger partial charge >= 0.3 is 0 Å². The van der Waals surface area contributed by atoms with Crippen LogP contribution in [-0.2, 0) is 5.41 Å². The number of benzene rings is 7. The summed E-state index contributed by atoms with van der Waals surface area (Å²) in [6, 6.07) is 63.2. The fourth-order valence-corrected chi connectivity index (χ4v) is 7.43. The number of aliphatic imine (C=N–C) groups is 1. The van der Waals surface area contributed by atoms with Gasteiger partial charge in [-0.1, -0.05) is 188 Å². The number of nitrogens with zero attached hydrogens (tertiary/aromatic N) is 1. The standard InChI is InChI=1S/C48H34N2O/c49-45(34-18-4-1-5-19-34)32-46(35-20-6-2-7-21-35)50-33-36-22-10-11-25-38(36)39-26-12-15-29-42(39)48(37-23-8-3-9-24-37)43-30-16-13-27-40(43)47(51)41-28-14-17-31-44(41)48/h1-33,49H/b46-32-,49-45?,50-33?. The zero-order chi connectivity index (χ0) is 34.6. The quantitative estimate of drug-likeness (QED) is 0.163. The molecule has 0 amide bonds. The first-order chi connectivity index (χ1) is 25.2. The summed E-state index contributed by atoms with van der Waals surface area (Å²) in [6.45, 7) is 0. The van der Waals surface area contributed by atoms with Crippen LogP contribution in [0, 0.1) is 5.41 Å². The van der Waals surface area contributed by atoms with E-state index in [0.717, 1.165) is 50.1 Å². The maximum atomic E-state index is 14.1. The highest BCUT2D eigenvalue weighted by Crippen LogP contribution is 2.53. The van der Waals surface area contributed by atoms with Crippen LogP contribution in [0.4, 0.5) is 0 Å². The average Bonchev–Trinajstić information content (AvgIpc) is 3.21. The summed E-state index contributed by atoms with van der Waals surface area (Å²) in [5, 5.41) is 8.87. The van der Waals surface area contributed by atoms with Crippen LogP contribution in [0.2, 0.25) is 0 Å². The first kappa shape index (κ1) is 31.6. The third-order valence-corrected chi connectivity index (χ3v) is 9.72. The SMILES string of the molecule is N=C(/C=C(\N=Cc1ccccc1-c1ccccc1C1(c2ccccc2)c2ccccc2C(=O)c2ccccc21)c1ccccc1)c1ccccc1. The molecule has 51 heavy (non-hydrogen) atoms. The summed E-state index contributed by atoms with van der Waals surface area (Å²) in [4.78, 5) is 19.1. The van der Waals surface area contributed by atoms with Gasteiger partial charge in [-0.2, -0.15) is 0 Å². The van der Waals surface area contributed by atoms with Crippen molar-refractivity contribution in [2.45, 2.75) is 5.41 Å². The van der Waals surface area contributed by atoms with Crippen molar-refractivity contribution in [2.24, 2.45) is 4.99 Å². The Balaban J connectivity index is 1.34. The zero-order valence-electron chi connectivity index (χ0n) is 27.9. The maximum absolute atomic E-state index is 14.1. The van der Waals surface area contributed by atoms with Gasteiger partial charge in [0.05, 0.1) is 16.8 Å². The topological polar surface area (TPSA) is 53.3 Å². The molecule has 242 valence electrons. The first-order valence-electron chi connectivity index (χ1n) is 17.1. The second kappa shape index (κ2) is 13.7. The van der Waals surface area contributed by atoms with Crippen LogP contribution in [0.25, 0.3) is 16.8 Å². The van der Waals surface area contributed by atoms with Gasteiger partial charge in [0, 0.05) is 28.5 Å². The molecule has 0 unspecified atom stereocenters. The van der Waals surface area contributed by atoms with Crippen molar-refractivity contribution >= 4 is 23.4 Å². The van der Waals surface area contributed by atoms with Crippen molar-refractivity contribution in [3.8, 4) is 11.1 Å². The highest BCUT2D eigenvalue weighted by Gasteiger charge is 2.47. The summed E-state index contributed by atoms with van der Waals surface area (Å²) in [6.07, 6.45) is 3.74. The minimum atomic E-state index is -0.775. The molecule has 0 heterocycles. The second-order valence-corrected chi connectivity index (χ2v) is 12.6. The van der Waals surface area contributed by atoms with Gasteiger partial charge in [0.25, 0.3) is 0 Å². The fraction of sp³-hybridized carbons (Fsp3) is 0.0208. The summed E-state index contributed by atoms with van der Waals surface area (Å²) in [7, 11) is 0. The van der Waals surface area contributed by atoms with Crippen LogP contribution in [0.3, 0.4) is 0 Å². The largest absolute Gasteiger partial charge is 0.300 e. The Bertz CT molecular complexity index is 2390. The molecule has 0 saturated carbocycles. The van der Waals surface area contributed by atoms with Crippen molar-refractivity contribution in [2.75, 3.05) is 0 Å². The molecule has 0 bridgehead atoms. The molecule has 1 aliphatic carbocycles. The van der Waals surface area contributed by atoms with Crippen LogP contribution < -0.4 is 0 Å². The molecular weight excluding hydrogens is 621 g/mol. The van der Waals surface area contributed by atoms with Crippen molar-refractivity contribution in [3.05, 3.63) is 244 Å². The normalized spacial score (nSPS) is 13.4. The Morgan fingerprint density at radius 3 is 1.49 bits per heavy atom. The highest BCUT2D eigenvalue weighted by atomic mass is 16.1. The lowest BCUT2D eigenvalue weighted by molar-refractivity contribution is 0.103. The number of hydrogen-bond acceptors (Lipinski definition) is 3. The minimum Gasteiger partial charge on any atom is -0.300 e. The molecule has 0 spiro atoms. The lowest BCUT2D eigenvalue weighted by Gasteiger charge is -2.42. The van der Waals surface area contributed by atoms with Crippen LogP contribution >= 0.6 is 0 Å². The Kier molecular flexibility index (Phi) is 8.45. The summed E-state index contributed by atoms with van der Waals surface area (Å²) in [5.41, 5.74) is 10.6. The number of fused-ring (bicyclic) bond motifs is 2. The molecule has 8 rings (SSSR count). The van der Waals surface area contributed by atoms with E-state index in [1.165, 1.54) is 0 Å². The van der Waals surface area contributed by atoms with Crippen LogP contribution in [0.15, 0.2) is 199 Å². The van der Waals surface area contributed by atoms with Crippen molar-refractivity contribution in [1.29, 1.82) is 5.41 Å². The van der Waals surface area contributed by atoms with E-state index >= 15 is 0 Å². The number of hydrogen-bond donors (Lipinski definition) is 1. The van der Waals surface area contributed by atoms with Crippen LogP contribution in [-0.4, -0.2) is 17.7 Å². The van der Waals surface area contributed by atoms with Gasteiger partial charge in [-0.25, -0.2) is 0 Å². The average molecular weight is 655 g/mol. The van der Waals surface area contributed by atoms with Crippen LogP contribution in [0.1, 0.15) is 54.9 Å². The minimum absolute atomic E-state index is 0.0408. The van der Waals surface area contributed by atoms with Gasteiger partial charge in [0.1, 0.15) is 0 Å². The van der Waals surface area contributed by atoms with E-state index in [1.807, 2.05) is 121 Å². The Hall–Kier alpha value is -6.71. The van der Waals surface area contributed by atoms with Gasteiger partial charge in [0.15, 0.2) is 5.78 Å². The summed E-state index contributed by atoms with van der Waals surface area (Å²) < 4.78 is 0. The van der Waals surface area contributed by atoms with E-state index in [4.69, 9.17) is 10.4 Å². The number of rotatable bonds is 8. The monoisotopic (exact) mass is 654 g/mol. The van der Waals surface area contributed by atoms with Crippen molar-refractivity contribution < 1.29 is 4.79 Å². The Morgan fingerprint density at radius 2 is 0.902 bits per heavy atom. The second-order valence-electron chi connectivity index (χ2n) is 12.6. The molecule has 0 fully saturated rings. The number of carbonyl (C=O) groups excluding carboxylic acids is 1. The number of allylic oxidation sites excluding steroid dienone is 1. The van der Waals surface area contributed by atoms with E-state index in [-0.39, 0.29) is 5.78 Å². The van der Waals surface area contributed by atoms with E-state index in [0.29, 0.717) is 22.5 Å². The molecule has 0 radical (unpaired) electrons. The lowest BCUT2D eigenvalue weighted by Crippen LogP contribution is -2.38. The molecule has 0 atom stereocenters. The summed E-state index contributed by atoms with van der Waals surface area (Å²) in [5.74, 6) is 0.0408. The van der Waals surface area contributed by atoms with Crippen molar-refractivity contribution in [3.63, 3.8) is 0 Å². The fourth-order valence-electron chi connectivity index (χ4n) is 7.43. The molecular formula is C48H34N2O. The summed E-state index contributed by atoms with van der Waals surface area (Å²) >= 11 is 0. The van der Waals surface area contributed by atoms with Crippen LogP contribution in [0.5, 0.6) is 0 Å². The van der Waals surface area contributed by atoms with E-state index in [2.05, 4.69) is 78.9 Å². The van der Waals surface area contributed by atoms with Gasteiger partial charge in [-0.3, -0.25) is 9.79 Å². The molecule has 3 nitrogen and oxygen atoms in total. The zero-order valence-corrected chi connectivity index (χ0v) is 27.9. The third-order valence-electron chi connectivity index (χ3n) is 9.72. The Labute approximate surface area is 298 Å². The van der Waals surface area contributed by atoms with E-state index in [1.54, 1.807) is 0 Å². The molecule has 0 aromatic heterocycles. The number of ketones is 1. The smallest absolute Gasteiger partial charge is 0.193 e. The Morgan fingerprint density at radius 1 is 0.471 bits per heavy atom. The molecule has 7 aromatic carbocycles. The highest BCUT2D eigenvalue weighted by molar-refractivity contribution is 6.14. The van der Waals surface area contributed by atoms with Gasteiger partial charge in [-0.15, -0.1) is 0 Å². The van der Waals surface area contributed by atoms with Crippen molar-refractivity contribution in [1.82, 2.24) is 0 Å². The predicted octanol–water partition coefficient (Wildman–Crippen LogP) is 10.8. The molecule has 1 N–H and O–H groups in total.